The maximum Gasteiger partial charge on any atom is 0.265 e. The Balaban J connectivity index is 2.01. The summed E-state index contributed by atoms with van der Waals surface area (Å²) in [6, 6.07) is 13.0. The smallest absolute Gasteiger partial charge is 0.265 e. The van der Waals surface area contributed by atoms with Crippen molar-refractivity contribution in [3.05, 3.63) is 74.1 Å². The molecule has 7 nitrogen and oxygen atoms in total. The normalized spacial score (nSPS) is 14.3. The molecule has 1 N–H and O–H groups in total. The van der Waals surface area contributed by atoms with E-state index in [-0.39, 0.29) is 17.3 Å². The van der Waals surface area contributed by atoms with Crippen LogP contribution < -0.4 is 15.2 Å². The van der Waals surface area contributed by atoms with Gasteiger partial charge in [-0.2, -0.15) is 0 Å². The second kappa shape index (κ2) is 11.4. The minimum absolute atomic E-state index is 0.0293. The van der Waals surface area contributed by atoms with Crippen LogP contribution in [0.15, 0.2) is 51.7 Å². The van der Waals surface area contributed by atoms with Crippen LogP contribution in [0.1, 0.15) is 54.7 Å². The fourth-order valence-corrected chi connectivity index (χ4v) is 5.04. The average Bonchev–Trinajstić information content (AvgIpc) is 2.89. The molecule has 0 spiro atoms. The molecule has 36 heavy (non-hydrogen) atoms. The van der Waals surface area contributed by atoms with Gasteiger partial charge in [0.1, 0.15) is 16.0 Å². The van der Waals surface area contributed by atoms with Gasteiger partial charge in [0.15, 0.2) is 5.78 Å². The van der Waals surface area contributed by atoms with Gasteiger partial charge in [0.2, 0.25) is 0 Å². The standard InChI is InChI=1S/C28H33BrN4O3/c1-5-17-36-21-12-11-20(26(34)19-9-7-6-8-10-19)25(33-15-13-32(4)14-16-33)22(21)27-30-24(18(2)3)23(29)28(35)31-27/h6-12,18H,5,13-17H2,1-4H3,(H,30,31,35). The number of halogens is 1. The van der Waals surface area contributed by atoms with Crippen LogP contribution in [0.4, 0.5) is 5.69 Å². The van der Waals surface area contributed by atoms with Crippen molar-refractivity contribution in [2.24, 2.45) is 0 Å². The van der Waals surface area contributed by atoms with E-state index in [1.54, 1.807) is 0 Å². The lowest BCUT2D eigenvalue weighted by Crippen LogP contribution is -2.45. The van der Waals surface area contributed by atoms with E-state index in [9.17, 15) is 9.59 Å². The number of rotatable bonds is 8. The quantitative estimate of drug-likeness (QED) is 0.392. The molecule has 0 saturated carbocycles. The van der Waals surface area contributed by atoms with Crippen molar-refractivity contribution in [2.75, 3.05) is 44.7 Å². The molecule has 2 heterocycles. The first-order valence-electron chi connectivity index (χ1n) is 12.4. The van der Waals surface area contributed by atoms with E-state index < -0.39 is 0 Å². The summed E-state index contributed by atoms with van der Waals surface area (Å²) < 4.78 is 6.61. The second-order valence-electron chi connectivity index (χ2n) is 9.44. The van der Waals surface area contributed by atoms with E-state index in [2.05, 4.69) is 37.8 Å². The number of carbonyl (C=O) groups excluding carboxylic acids is 1. The van der Waals surface area contributed by atoms with Crippen LogP contribution in [0.3, 0.4) is 0 Å². The van der Waals surface area contributed by atoms with Gasteiger partial charge in [-0.25, -0.2) is 4.98 Å². The minimum Gasteiger partial charge on any atom is -0.493 e. The van der Waals surface area contributed by atoms with E-state index in [0.29, 0.717) is 45.0 Å². The van der Waals surface area contributed by atoms with Gasteiger partial charge in [-0.05, 0) is 47.4 Å². The molecule has 0 bridgehead atoms. The van der Waals surface area contributed by atoms with Gasteiger partial charge in [0, 0.05) is 37.3 Å². The maximum absolute atomic E-state index is 13.8. The highest BCUT2D eigenvalue weighted by molar-refractivity contribution is 9.10. The van der Waals surface area contributed by atoms with E-state index in [0.717, 1.165) is 38.3 Å². The summed E-state index contributed by atoms with van der Waals surface area (Å²) in [4.78, 5) is 39.1. The first-order valence-corrected chi connectivity index (χ1v) is 13.2. The molecule has 2 aromatic carbocycles. The summed E-state index contributed by atoms with van der Waals surface area (Å²) in [6.07, 6.45) is 0.829. The minimum atomic E-state index is -0.255. The van der Waals surface area contributed by atoms with Gasteiger partial charge in [-0.1, -0.05) is 51.1 Å². The summed E-state index contributed by atoms with van der Waals surface area (Å²) in [5, 5.41) is 0. The van der Waals surface area contributed by atoms with Crippen LogP contribution in [0, 0.1) is 0 Å². The van der Waals surface area contributed by atoms with Crippen molar-refractivity contribution in [3.8, 4) is 17.1 Å². The number of likely N-dealkylation sites (N-methyl/N-ethyl adjacent to an activating group) is 1. The molecule has 0 aliphatic carbocycles. The molecule has 190 valence electrons. The Morgan fingerprint density at radius 2 is 1.81 bits per heavy atom. The monoisotopic (exact) mass is 552 g/mol. The number of aromatic nitrogens is 2. The number of ether oxygens (including phenoxy) is 1. The molecule has 8 heteroatoms. The molecule has 4 rings (SSSR count). The van der Waals surface area contributed by atoms with Crippen molar-refractivity contribution in [2.45, 2.75) is 33.1 Å². The summed E-state index contributed by atoms with van der Waals surface area (Å²) >= 11 is 3.41. The maximum atomic E-state index is 13.8. The predicted octanol–water partition coefficient (Wildman–Crippen LogP) is 5.09. The number of anilines is 1. The Morgan fingerprint density at radius 1 is 1.11 bits per heavy atom. The number of H-pyrrole nitrogens is 1. The Labute approximate surface area is 220 Å². The number of nitrogens with zero attached hydrogens (tertiary/aromatic N) is 3. The highest BCUT2D eigenvalue weighted by Crippen LogP contribution is 2.41. The molecule has 3 aromatic rings. The number of nitrogens with one attached hydrogen (secondary N) is 1. The number of carbonyl (C=O) groups is 1. The Kier molecular flexibility index (Phi) is 8.26. The molecule has 1 fully saturated rings. The predicted molar refractivity (Wildman–Crippen MR) is 147 cm³/mol. The van der Waals surface area contributed by atoms with E-state index >= 15 is 0 Å². The molecule has 0 atom stereocenters. The van der Waals surface area contributed by atoms with E-state index in [1.807, 2.05) is 63.2 Å². The van der Waals surface area contributed by atoms with Gasteiger partial charge in [-0.15, -0.1) is 0 Å². The van der Waals surface area contributed by atoms with Gasteiger partial charge in [0.05, 0.1) is 23.6 Å². The third kappa shape index (κ3) is 5.39. The van der Waals surface area contributed by atoms with Crippen LogP contribution in [0.25, 0.3) is 11.4 Å². The first-order chi connectivity index (χ1) is 17.3. The summed E-state index contributed by atoms with van der Waals surface area (Å²) in [5.41, 5.74) is 3.00. The zero-order valence-corrected chi connectivity index (χ0v) is 22.9. The fourth-order valence-electron chi connectivity index (χ4n) is 4.40. The van der Waals surface area contributed by atoms with Gasteiger partial charge in [-0.3, -0.25) is 9.59 Å². The Hall–Kier alpha value is -2.97. The number of hydrogen-bond donors (Lipinski definition) is 1. The second-order valence-corrected chi connectivity index (χ2v) is 10.2. The highest BCUT2D eigenvalue weighted by atomic mass is 79.9. The van der Waals surface area contributed by atoms with E-state index in [4.69, 9.17) is 9.72 Å². The van der Waals surface area contributed by atoms with Crippen molar-refractivity contribution >= 4 is 27.4 Å². The lowest BCUT2D eigenvalue weighted by molar-refractivity contribution is 0.103. The first kappa shape index (κ1) is 26.1. The third-order valence-corrected chi connectivity index (χ3v) is 7.14. The van der Waals surface area contributed by atoms with Crippen molar-refractivity contribution in [3.63, 3.8) is 0 Å². The molecule has 1 aromatic heterocycles. The molecule has 0 unspecified atom stereocenters. The molecule has 1 aliphatic rings. The van der Waals surface area contributed by atoms with Crippen molar-refractivity contribution < 1.29 is 9.53 Å². The molecule has 1 aliphatic heterocycles. The molecular formula is C28H33BrN4O3. The summed E-state index contributed by atoms with van der Waals surface area (Å²) in [5.74, 6) is 0.975. The molecule has 1 saturated heterocycles. The zero-order chi connectivity index (χ0) is 25.8. The SMILES string of the molecule is CCCOc1ccc(C(=O)c2ccccc2)c(N2CCN(C)CC2)c1-c1nc(C(C)C)c(Br)c(=O)[nH]1. The van der Waals surface area contributed by atoms with Crippen LogP contribution in [0.5, 0.6) is 5.75 Å². The number of piperazine rings is 1. The van der Waals surface area contributed by atoms with Crippen LogP contribution in [-0.2, 0) is 0 Å². The summed E-state index contributed by atoms with van der Waals surface area (Å²) in [7, 11) is 2.09. The van der Waals surface area contributed by atoms with Crippen LogP contribution in [-0.4, -0.2) is 60.5 Å². The Bertz CT molecular complexity index is 1280. The number of aromatic amines is 1. The highest BCUT2D eigenvalue weighted by Gasteiger charge is 2.29. The largest absolute Gasteiger partial charge is 0.493 e. The number of ketones is 1. The molecule has 0 amide bonds. The lowest BCUT2D eigenvalue weighted by atomic mass is 9.96. The van der Waals surface area contributed by atoms with E-state index in [1.165, 1.54) is 0 Å². The van der Waals surface area contributed by atoms with Crippen molar-refractivity contribution in [1.82, 2.24) is 14.9 Å². The average molecular weight is 554 g/mol. The topological polar surface area (TPSA) is 78.5 Å². The van der Waals surface area contributed by atoms with Gasteiger partial charge >= 0.3 is 0 Å². The van der Waals surface area contributed by atoms with Crippen LogP contribution in [0.2, 0.25) is 0 Å². The Morgan fingerprint density at radius 3 is 2.44 bits per heavy atom. The molecule has 0 radical (unpaired) electrons. The van der Waals surface area contributed by atoms with Gasteiger partial charge in [0.25, 0.3) is 5.56 Å². The van der Waals surface area contributed by atoms with Crippen LogP contribution >= 0.6 is 15.9 Å². The zero-order valence-electron chi connectivity index (χ0n) is 21.3. The molecular weight excluding hydrogens is 520 g/mol. The number of benzene rings is 2. The van der Waals surface area contributed by atoms with Gasteiger partial charge < -0.3 is 19.5 Å². The van der Waals surface area contributed by atoms with Crippen molar-refractivity contribution in [1.29, 1.82) is 0 Å². The lowest BCUT2D eigenvalue weighted by Gasteiger charge is -2.36. The third-order valence-electron chi connectivity index (χ3n) is 6.37. The fraction of sp³-hybridized carbons (Fsp3) is 0.393. The number of hydrogen-bond acceptors (Lipinski definition) is 6. The summed E-state index contributed by atoms with van der Waals surface area (Å²) in [6.45, 7) is 9.77.